The molecule has 0 saturated carbocycles. The van der Waals surface area contributed by atoms with Crippen LogP contribution in [0, 0.1) is 11.3 Å². The van der Waals surface area contributed by atoms with Gasteiger partial charge in [0.25, 0.3) is 5.91 Å². The highest BCUT2D eigenvalue weighted by Gasteiger charge is 2.33. The number of primary amides is 1. The van der Waals surface area contributed by atoms with Crippen molar-refractivity contribution < 1.29 is 9.59 Å². The second-order valence-electron chi connectivity index (χ2n) is 8.59. The number of carbonyl (C=O) groups is 2. The Kier molecular flexibility index (Phi) is 7.27. The van der Waals surface area contributed by atoms with E-state index in [9.17, 15) is 9.59 Å². The van der Waals surface area contributed by atoms with Gasteiger partial charge >= 0.3 is 0 Å². The van der Waals surface area contributed by atoms with Gasteiger partial charge in [-0.1, -0.05) is 53.4 Å². The maximum absolute atomic E-state index is 12.3. The topological polar surface area (TPSA) is 72.2 Å². The number of nitrogens with two attached hydrogens (primary N) is 1. The summed E-state index contributed by atoms with van der Waals surface area (Å²) in [6.45, 7) is 8.99. The number of hydrogen-bond acceptors (Lipinski definition) is 3. The number of rotatable bonds is 8. The highest BCUT2D eigenvalue weighted by molar-refractivity contribution is 7.17. The van der Waals surface area contributed by atoms with E-state index in [0.717, 1.165) is 37.7 Å². The SMILES string of the molecule is CCCCCCCC(=O)Nc1sc2c(c1C(N)=O)CCC(C(C)(C)C)C2. The first-order valence-electron chi connectivity index (χ1n) is 9.98. The number of thiophene rings is 1. The van der Waals surface area contributed by atoms with Crippen molar-refractivity contribution in [2.75, 3.05) is 5.32 Å². The van der Waals surface area contributed by atoms with E-state index in [1.165, 1.54) is 24.1 Å². The first-order valence-corrected chi connectivity index (χ1v) is 10.8. The summed E-state index contributed by atoms with van der Waals surface area (Å²) in [4.78, 5) is 25.5. The van der Waals surface area contributed by atoms with Crippen LogP contribution in [0.5, 0.6) is 0 Å². The van der Waals surface area contributed by atoms with Crippen LogP contribution in [0.1, 0.15) is 93.4 Å². The van der Waals surface area contributed by atoms with Crippen LogP contribution in [0.15, 0.2) is 0 Å². The molecule has 3 N–H and O–H groups in total. The molecule has 0 saturated heterocycles. The molecular weight excluding hydrogens is 344 g/mol. The number of unbranched alkanes of at least 4 members (excludes halogenated alkanes) is 4. The Morgan fingerprint density at radius 1 is 1.19 bits per heavy atom. The van der Waals surface area contributed by atoms with E-state index in [2.05, 4.69) is 33.0 Å². The average Bonchev–Trinajstić information content (AvgIpc) is 2.90. The largest absolute Gasteiger partial charge is 0.365 e. The zero-order valence-corrected chi connectivity index (χ0v) is 17.6. The Morgan fingerprint density at radius 2 is 1.88 bits per heavy atom. The van der Waals surface area contributed by atoms with Crippen molar-refractivity contribution in [1.29, 1.82) is 0 Å². The molecule has 1 aromatic rings. The molecule has 2 amide bonds. The summed E-state index contributed by atoms with van der Waals surface area (Å²) >= 11 is 1.55. The lowest BCUT2D eigenvalue weighted by molar-refractivity contribution is -0.116. The van der Waals surface area contributed by atoms with E-state index in [0.29, 0.717) is 22.9 Å². The number of hydrogen-bond donors (Lipinski definition) is 2. The van der Waals surface area contributed by atoms with Crippen molar-refractivity contribution in [2.45, 2.75) is 85.5 Å². The van der Waals surface area contributed by atoms with Crippen LogP contribution in [0.25, 0.3) is 0 Å². The molecule has 0 fully saturated rings. The van der Waals surface area contributed by atoms with E-state index < -0.39 is 5.91 Å². The van der Waals surface area contributed by atoms with E-state index in [-0.39, 0.29) is 11.3 Å². The molecule has 0 radical (unpaired) electrons. The number of amides is 2. The zero-order valence-electron chi connectivity index (χ0n) is 16.7. The smallest absolute Gasteiger partial charge is 0.251 e. The van der Waals surface area contributed by atoms with E-state index in [1.54, 1.807) is 11.3 Å². The molecule has 2 rings (SSSR count). The third kappa shape index (κ3) is 5.32. The number of nitrogens with one attached hydrogen (secondary N) is 1. The third-order valence-electron chi connectivity index (χ3n) is 5.50. The summed E-state index contributed by atoms with van der Waals surface area (Å²) in [6, 6.07) is 0. The van der Waals surface area contributed by atoms with Gasteiger partial charge in [-0.05, 0) is 42.6 Å². The fraction of sp³-hybridized carbons (Fsp3) is 0.714. The van der Waals surface area contributed by atoms with Gasteiger partial charge in [0.2, 0.25) is 5.91 Å². The quantitative estimate of drug-likeness (QED) is 0.603. The summed E-state index contributed by atoms with van der Waals surface area (Å²) in [5.74, 6) is 0.168. The fourth-order valence-electron chi connectivity index (χ4n) is 3.75. The van der Waals surface area contributed by atoms with Crippen molar-refractivity contribution in [3.05, 3.63) is 16.0 Å². The summed E-state index contributed by atoms with van der Waals surface area (Å²) in [7, 11) is 0. The highest BCUT2D eigenvalue weighted by atomic mass is 32.1. The molecule has 146 valence electrons. The second kappa shape index (κ2) is 9.03. The van der Waals surface area contributed by atoms with Gasteiger partial charge in [-0.3, -0.25) is 9.59 Å². The molecule has 0 spiro atoms. The van der Waals surface area contributed by atoms with Gasteiger partial charge in [-0.15, -0.1) is 11.3 Å². The molecule has 26 heavy (non-hydrogen) atoms. The first-order chi connectivity index (χ1) is 12.2. The highest BCUT2D eigenvalue weighted by Crippen LogP contribution is 2.44. The van der Waals surface area contributed by atoms with Crippen LogP contribution in [-0.2, 0) is 17.6 Å². The molecular formula is C21H34N2O2S. The van der Waals surface area contributed by atoms with Crippen LogP contribution in [0.4, 0.5) is 5.00 Å². The third-order valence-corrected chi connectivity index (χ3v) is 6.67. The van der Waals surface area contributed by atoms with Crippen molar-refractivity contribution in [3.63, 3.8) is 0 Å². The Morgan fingerprint density at radius 3 is 2.50 bits per heavy atom. The van der Waals surface area contributed by atoms with E-state index in [4.69, 9.17) is 5.73 Å². The van der Waals surface area contributed by atoms with Crippen molar-refractivity contribution in [1.82, 2.24) is 0 Å². The summed E-state index contributed by atoms with van der Waals surface area (Å²) in [6.07, 6.45) is 9.00. The molecule has 1 aromatic heterocycles. The van der Waals surface area contributed by atoms with Crippen LogP contribution in [-0.4, -0.2) is 11.8 Å². The molecule has 1 aliphatic rings. The Balaban J connectivity index is 2.06. The summed E-state index contributed by atoms with van der Waals surface area (Å²) in [5.41, 5.74) is 7.52. The van der Waals surface area contributed by atoms with Gasteiger partial charge in [0.15, 0.2) is 0 Å². The molecule has 1 aliphatic carbocycles. The van der Waals surface area contributed by atoms with Crippen LogP contribution in [0.3, 0.4) is 0 Å². The number of fused-ring (bicyclic) bond motifs is 1. The normalized spacial score (nSPS) is 17.0. The molecule has 4 nitrogen and oxygen atoms in total. The molecule has 1 atom stereocenters. The Hall–Kier alpha value is -1.36. The maximum Gasteiger partial charge on any atom is 0.251 e. The maximum atomic E-state index is 12.3. The predicted octanol–water partition coefficient (Wildman–Crippen LogP) is 5.30. The van der Waals surface area contributed by atoms with Gasteiger partial charge in [0.1, 0.15) is 5.00 Å². The standard InChI is InChI=1S/C21H34N2O2S/c1-5-6-7-8-9-10-17(24)23-20-18(19(22)25)15-12-11-14(21(2,3)4)13-16(15)26-20/h14H,5-13H2,1-4H3,(H2,22,25)(H,23,24). The lowest BCUT2D eigenvalue weighted by Gasteiger charge is -2.33. The fourth-order valence-corrected chi connectivity index (χ4v) is 5.10. The van der Waals surface area contributed by atoms with Crippen LogP contribution < -0.4 is 11.1 Å². The zero-order chi connectivity index (χ0) is 19.3. The van der Waals surface area contributed by atoms with Gasteiger partial charge in [0.05, 0.1) is 5.56 Å². The van der Waals surface area contributed by atoms with Gasteiger partial charge in [-0.25, -0.2) is 0 Å². The molecule has 1 heterocycles. The van der Waals surface area contributed by atoms with Gasteiger partial charge in [-0.2, -0.15) is 0 Å². The Labute approximate surface area is 161 Å². The molecule has 1 unspecified atom stereocenters. The van der Waals surface area contributed by atoms with Gasteiger partial charge in [0, 0.05) is 11.3 Å². The van der Waals surface area contributed by atoms with E-state index in [1.807, 2.05) is 0 Å². The average molecular weight is 379 g/mol. The van der Waals surface area contributed by atoms with Crippen molar-refractivity contribution >= 4 is 28.2 Å². The first kappa shape index (κ1) is 20.9. The minimum Gasteiger partial charge on any atom is -0.365 e. The molecule has 5 heteroatoms. The minimum atomic E-state index is -0.421. The summed E-state index contributed by atoms with van der Waals surface area (Å²) in [5, 5.41) is 3.63. The van der Waals surface area contributed by atoms with Crippen LogP contribution in [0.2, 0.25) is 0 Å². The minimum absolute atomic E-state index is 0.00466. The van der Waals surface area contributed by atoms with Crippen molar-refractivity contribution in [3.8, 4) is 0 Å². The number of anilines is 1. The van der Waals surface area contributed by atoms with Crippen molar-refractivity contribution in [2.24, 2.45) is 17.1 Å². The monoisotopic (exact) mass is 378 g/mol. The predicted molar refractivity (Wildman–Crippen MR) is 110 cm³/mol. The van der Waals surface area contributed by atoms with E-state index >= 15 is 0 Å². The number of carbonyl (C=O) groups excluding carboxylic acids is 2. The Bertz CT molecular complexity index is 643. The lowest BCUT2D eigenvalue weighted by Crippen LogP contribution is -2.27. The summed E-state index contributed by atoms with van der Waals surface area (Å²) < 4.78 is 0. The van der Waals surface area contributed by atoms with Crippen LogP contribution >= 0.6 is 11.3 Å². The van der Waals surface area contributed by atoms with Gasteiger partial charge < -0.3 is 11.1 Å². The second-order valence-corrected chi connectivity index (χ2v) is 9.70. The molecule has 0 aliphatic heterocycles. The molecule has 0 aromatic carbocycles. The lowest BCUT2D eigenvalue weighted by atomic mass is 9.72. The molecule has 0 bridgehead atoms.